The molecule has 0 saturated carbocycles. The summed E-state index contributed by atoms with van der Waals surface area (Å²) in [7, 11) is -4.37. The molecule has 1 aromatic heterocycles. The van der Waals surface area contributed by atoms with Crippen LogP contribution in [0.2, 0.25) is 10.0 Å². The summed E-state index contributed by atoms with van der Waals surface area (Å²) >= 11 is 12.5. The van der Waals surface area contributed by atoms with Crippen molar-refractivity contribution in [1.82, 2.24) is 14.8 Å². The van der Waals surface area contributed by atoms with Crippen LogP contribution in [0.1, 0.15) is 0 Å². The number of aromatic nitrogens is 3. The number of benzene rings is 3. The average Bonchev–Trinajstić information content (AvgIpc) is 2.78. The van der Waals surface area contributed by atoms with Crippen LogP contribution in [0.4, 0.5) is 10.1 Å². The van der Waals surface area contributed by atoms with Crippen LogP contribution in [0.15, 0.2) is 75.3 Å². The number of hydrogen-bond donors (Lipinski definition) is 3. The molecule has 0 saturated heterocycles. The molecule has 0 atom stereocenters. The summed E-state index contributed by atoms with van der Waals surface area (Å²) < 4.78 is 47.7. The topological polar surface area (TPSA) is 143 Å². The highest BCUT2D eigenvalue weighted by molar-refractivity contribution is 7.92. The lowest BCUT2D eigenvalue weighted by molar-refractivity contribution is 0.466. The molecule has 4 aromatic rings. The Labute approximate surface area is 206 Å². The van der Waals surface area contributed by atoms with Crippen LogP contribution in [0.5, 0.6) is 17.2 Å². The second-order valence-corrected chi connectivity index (χ2v) is 9.37. The number of rotatable bonds is 6. The van der Waals surface area contributed by atoms with Crippen LogP contribution in [-0.2, 0) is 10.0 Å². The number of anilines is 1. The zero-order valence-corrected chi connectivity index (χ0v) is 19.5. The van der Waals surface area contributed by atoms with Gasteiger partial charge in [-0.2, -0.15) is 9.78 Å². The predicted octanol–water partition coefficient (Wildman–Crippen LogP) is 3.67. The molecule has 3 aromatic carbocycles. The maximum atomic E-state index is 14.0. The van der Waals surface area contributed by atoms with E-state index in [1.165, 1.54) is 30.3 Å². The summed E-state index contributed by atoms with van der Waals surface area (Å²) in [6.07, 6.45) is 0.897. The molecule has 0 aliphatic rings. The Morgan fingerprint density at radius 1 is 1.06 bits per heavy atom. The molecule has 0 aliphatic carbocycles. The monoisotopic (exact) mass is 538 g/mol. The van der Waals surface area contributed by atoms with Gasteiger partial charge < -0.3 is 9.84 Å². The molecular weight excluding hydrogens is 526 g/mol. The van der Waals surface area contributed by atoms with Crippen LogP contribution < -0.4 is 20.7 Å². The maximum absolute atomic E-state index is 14.0. The van der Waals surface area contributed by atoms with Crippen molar-refractivity contribution in [1.29, 1.82) is 0 Å². The van der Waals surface area contributed by atoms with Gasteiger partial charge >= 0.3 is 5.69 Å². The first-order valence-electron chi connectivity index (χ1n) is 9.51. The van der Waals surface area contributed by atoms with Crippen LogP contribution in [0.3, 0.4) is 0 Å². The number of phenols is 1. The van der Waals surface area contributed by atoms with E-state index in [0.29, 0.717) is 0 Å². The van der Waals surface area contributed by atoms with E-state index in [4.69, 9.17) is 27.9 Å². The lowest BCUT2D eigenvalue weighted by atomic mass is 10.2. The van der Waals surface area contributed by atoms with Crippen molar-refractivity contribution in [2.24, 2.45) is 0 Å². The fourth-order valence-corrected chi connectivity index (χ4v) is 4.64. The number of sulfonamides is 1. The molecule has 35 heavy (non-hydrogen) atoms. The minimum atomic E-state index is -4.37. The number of H-pyrrole nitrogens is 1. The third-order valence-corrected chi connectivity index (χ3v) is 6.46. The summed E-state index contributed by atoms with van der Waals surface area (Å²) in [5.41, 5.74) is -1.66. The molecule has 3 N–H and O–H groups in total. The lowest BCUT2D eigenvalue weighted by Crippen LogP contribution is -2.30. The molecule has 0 aliphatic heterocycles. The number of nitrogens with one attached hydrogen (secondary N) is 2. The van der Waals surface area contributed by atoms with Gasteiger partial charge in [-0.3, -0.25) is 14.5 Å². The highest BCUT2D eigenvalue weighted by atomic mass is 35.5. The lowest BCUT2D eigenvalue weighted by Gasteiger charge is -2.14. The van der Waals surface area contributed by atoms with E-state index in [1.807, 2.05) is 4.98 Å². The fourth-order valence-electron chi connectivity index (χ4n) is 2.94. The van der Waals surface area contributed by atoms with Crippen LogP contribution in [0.25, 0.3) is 5.69 Å². The van der Waals surface area contributed by atoms with Gasteiger partial charge in [0, 0.05) is 6.07 Å². The minimum Gasteiger partial charge on any atom is -0.506 e. The van der Waals surface area contributed by atoms with Gasteiger partial charge in [0.1, 0.15) is 28.4 Å². The molecule has 0 spiro atoms. The molecule has 0 fully saturated rings. The smallest absolute Gasteiger partial charge is 0.349 e. The third kappa shape index (κ3) is 5.14. The highest BCUT2D eigenvalue weighted by Crippen LogP contribution is 2.40. The van der Waals surface area contributed by atoms with Gasteiger partial charge in [0.25, 0.3) is 15.6 Å². The Bertz CT molecular complexity index is 1650. The zero-order chi connectivity index (χ0) is 25.3. The fraction of sp³-hybridized carbons (Fsp3) is 0. The van der Waals surface area contributed by atoms with Gasteiger partial charge in [-0.05, 0) is 36.4 Å². The molecule has 0 bridgehead atoms. The third-order valence-electron chi connectivity index (χ3n) is 4.50. The van der Waals surface area contributed by atoms with Crippen molar-refractivity contribution < 1.29 is 22.7 Å². The molecule has 4 rings (SSSR count). The summed E-state index contributed by atoms with van der Waals surface area (Å²) in [5.74, 6) is -1.46. The van der Waals surface area contributed by atoms with E-state index in [-0.39, 0.29) is 32.9 Å². The van der Waals surface area contributed by atoms with Crippen molar-refractivity contribution in [3.05, 3.63) is 97.5 Å². The van der Waals surface area contributed by atoms with E-state index in [2.05, 4.69) is 9.82 Å². The maximum Gasteiger partial charge on any atom is 0.349 e. The molecule has 0 amide bonds. The predicted molar refractivity (Wildman–Crippen MR) is 126 cm³/mol. The molecular formula is C21H13Cl2FN4O6S. The van der Waals surface area contributed by atoms with E-state index in [9.17, 15) is 27.5 Å². The number of aromatic amines is 1. The van der Waals surface area contributed by atoms with Crippen molar-refractivity contribution >= 4 is 38.9 Å². The van der Waals surface area contributed by atoms with Crippen molar-refractivity contribution in [2.75, 3.05) is 4.72 Å². The van der Waals surface area contributed by atoms with E-state index in [0.717, 1.165) is 35.1 Å². The van der Waals surface area contributed by atoms with Crippen LogP contribution in [-0.4, -0.2) is 28.3 Å². The normalized spacial score (nSPS) is 11.3. The molecule has 0 radical (unpaired) electrons. The van der Waals surface area contributed by atoms with E-state index < -0.39 is 37.7 Å². The minimum absolute atomic E-state index is 0.0184. The number of aromatic hydroxyl groups is 1. The highest BCUT2D eigenvalue weighted by Gasteiger charge is 2.21. The van der Waals surface area contributed by atoms with Gasteiger partial charge in [-0.1, -0.05) is 35.3 Å². The van der Waals surface area contributed by atoms with Gasteiger partial charge in [0.15, 0.2) is 5.75 Å². The summed E-state index contributed by atoms with van der Waals surface area (Å²) in [6.45, 7) is 0. The number of phenolic OH excluding ortho intramolecular Hbond substituents is 1. The number of halogens is 3. The summed E-state index contributed by atoms with van der Waals surface area (Å²) in [5, 5.41) is 13.7. The largest absolute Gasteiger partial charge is 0.506 e. The second-order valence-electron chi connectivity index (χ2n) is 6.91. The second kappa shape index (κ2) is 9.41. The molecule has 180 valence electrons. The van der Waals surface area contributed by atoms with Crippen molar-refractivity contribution in [2.45, 2.75) is 4.90 Å². The first-order chi connectivity index (χ1) is 16.5. The Morgan fingerprint density at radius 2 is 1.74 bits per heavy atom. The molecule has 1 heterocycles. The standard InChI is InChI=1S/C21H13Cl2FN4O6S/c22-13-7-11(28-21(31)26-19(30)10-25-28)8-14(23)20(13)34-12-5-6-17(29)16(9-12)27-35(32,33)18-4-2-1-3-15(18)24/h1-10,27,29H,(H,26,30,31). The Kier molecular flexibility index (Phi) is 6.52. The van der Waals surface area contributed by atoms with Crippen LogP contribution in [0, 0.1) is 5.82 Å². The van der Waals surface area contributed by atoms with Crippen molar-refractivity contribution in [3.8, 4) is 22.9 Å². The van der Waals surface area contributed by atoms with E-state index in [1.54, 1.807) is 0 Å². The zero-order valence-electron chi connectivity index (χ0n) is 17.2. The quantitative estimate of drug-likeness (QED) is 0.317. The van der Waals surface area contributed by atoms with Gasteiger partial charge in [-0.25, -0.2) is 17.6 Å². The number of ether oxygens (including phenoxy) is 1. The molecule has 0 unspecified atom stereocenters. The van der Waals surface area contributed by atoms with Gasteiger partial charge in [0.05, 0.1) is 21.4 Å². The molecule has 10 nitrogen and oxygen atoms in total. The van der Waals surface area contributed by atoms with Gasteiger partial charge in [-0.15, -0.1) is 0 Å². The van der Waals surface area contributed by atoms with Crippen molar-refractivity contribution in [3.63, 3.8) is 0 Å². The van der Waals surface area contributed by atoms with E-state index >= 15 is 0 Å². The first kappa shape index (κ1) is 24.3. The Balaban J connectivity index is 1.65. The Hall–Kier alpha value is -3.87. The average molecular weight is 539 g/mol. The SMILES string of the molecule is O=c1cnn(-c2cc(Cl)c(Oc3ccc(O)c(NS(=O)(=O)c4ccccc4F)c3)c(Cl)c2)c(=O)[nH]1. The summed E-state index contributed by atoms with van der Waals surface area (Å²) in [4.78, 5) is 24.6. The first-order valence-corrected chi connectivity index (χ1v) is 11.8. The van der Waals surface area contributed by atoms with Gasteiger partial charge in [0.2, 0.25) is 0 Å². The number of nitrogens with zero attached hydrogens (tertiary/aromatic N) is 2. The van der Waals surface area contributed by atoms with Crippen LogP contribution >= 0.6 is 23.2 Å². The summed E-state index contributed by atoms with van der Waals surface area (Å²) in [6, 6.07) is 10.9. The number of hydrogen-bond acceptors (Lipinski definition) is 7. The molecule has 14 heteroatoms. The Morgan fingerprint density at radius 3 is 2.40 bits per heavy atom.